The minimum Gasteiger partial charge on any atom is -0.423 e. The van der Waals surface area contributed by atoms with E-state index in [0.717, 1.165) is 27.6 Å². The van der Waals surface area contributed by atoms with Crippen LogP contribution in [-0.2, 0) is 0 Å². The van der Waals surface area contributed by atoms with Gasteiger partial charge in [0.25, 0.3) is 5.24 Å². The van der Waals surface area contributed by atoms with Gasteiger partial charge in [0.05, 0.1) is 0 Å². The van der Waals surface area contributed by atoms with Gasteiger partial charge in [-0.3, -0.25) is 4.79 Å². The van der Waals surface area contributed by atoms with Gasteiger partial charge < -0.3 is 9.32 Å². The lowest BCUT2D eigenvalue weighted by atomic mass is 10.1. The number of carbonyl (C=O) groups excluding carboxylic acids is 1. The zero-order valence-electron chi connectivity index (χ0n) is 10.4. The van der Waals surface area contributed by atoms with Gasteiger partial charge in [-0.1, -0.05) is 0 Å². The molecule has 5 heteroatoms. The SMILES string of the molecule is Cc1cc(=O)oc2cc(SC(=O)N(C)C)ccc12. The number of hydrogen-bond acceptors (Lipinski definition) is 4. The van der Waals surface area contributed by atoms with Crippen molar-refractivity contribution in [2.45, 2.75) is 11.8 Å². The van der Waals surface area contributed by atoms with Crippen molar-refractivity contribution in [2.24, 2.45) is 0 Å². The number of amides is 1. The van der Waals surface area contributed by atoms with Crippen molar-refractivity contribution < 1.29 is 9.21 Å². The molecule has 0 saturated heterocycles. The third-order valence-corrected chi connectivity index (χ3v) is 3.52. The molecule has 1 amide bonds. The number of carbonyl (C=O) groups is 1. The maximum Gasteiger partial charge on any atom is 0.336 e. The highest BCUT2D eigenvalue weighted by atomic mass is 32.2. The number of thioether (sulfide) groups is 1. The van der Waals surface area contributed by atoms with Gasteiger partial charge in [0.1, 0.15) is 5.58 Å². The Labute approximate surface area is 109 Å². The number of rotatable bonds is 1. The molecule has 0 fully saturated rings. The Morgan fingerprint density at radius 2 is 2.00 bits per heavy atom. The molecule has 0 saturated carbocycles. The molecule has 2 aromatic rings. The van der Waals surface area contributed by atoms with E-state index < -0.39 is 0 Å². The third-order valence-electron chi connectivity index (χ3n) is 2.49. The molecule has 0 bridgehead atoms. The molecule has 0 aliphatic carbocycles. The zero-order chi connectivity index (χ0) is 13.3. The lowest BCUT2D eigenvalue weighted by Crippen LogP contribution is -2.15. The van der Waals surface area contributed by atoms with E-state index in [1.165, 1.54) is 11.0 Å². The highest BCUT2D eigenvalue weighted by molar-refractivity contribution is 8.13. The van der Waals surface area contributed by atoms with Gasteiger partial charge >= 0.3 is 5.63 Å². The van der Waals surface area contributed by atoms with Gasteiger partial charge in [0.15, 0.2) is 0 Å². The molecule has 1 aromatic carbocycles. The van der Waals surface area contributed by atoms with E-state index in [-0.39, 0.29) is 10.9 Å². The standard InChI is InChI=1S/C13H13NO3S/c1-8-6-12(15)17-11-7-9(4-5-10(8)11)18-13(16)14(2)3/h4-7H,1-3H3. The minimum absolute atomic E-state index is 0.0654. The number of fused-ring (bicyclic) bond motifs is 1. The summed E-state index contributed by atoms with van der Waals surface area (Å²) in [5, 5.41) is 0.820. The highest BCUT2D eigenvalue weighted by Crippen LogP contribution is 2.25. The van der Waals surface area contributed by atoms with E-state index in [1.54, 1.807) is 20.2 Å². The van der Waals surface area contributed by atoms with Gasteiger partial charge in [-0.05, 0) is 42.4 Å². The van der Waals surface area contributed by atoms with Crippen molar-refractivity contribution in [3.63, 3.8) is 0 Å². The molecule has 2 rings (SSSR count). The van der Waals surface area contributed by atoms with Crippen molar-refractivity contribution in [1.29, 1.82) is 0 Å². The van der Waals surface area contributed by atoms with Gasteiger partial charge in [-0.15, -0.1) is 0 Å². The number of aryl methyl sites for hydroxylation is 1. The molecule has 0 unspecified atom stereocenters. The molecule has 1 aromatic heterocycles. The first-order chi connectivity index (χ1) is 8.47. The predicted molar refractivity (Wildman–Crippen MR) is 72.2 cm³/mol. The maximum atomic E-state index is 11.6. The number of benzene rings is 1. The maximum absolute atomic E-state index is 11.6. The quantitative estimate of drug-likeness (QED) is 0.586. The van der Waals surface area contributed by atoms with E-state index in [2.05, 4.69) is 0 Å². The van der Waals surface area contributed by atoms with Crippen molar-refractivity contribution in [3.8, 4) is 0 Å². The first-order valence-electron chi connectivity index (χ1n) is 5.41. The molecule has 0 N–H and O–H groups in total. The molecule has 0 aliphatic heterocycles. The van der Waals surface area contributed by atoms with Crippen LogP contribution in [0.1, 0.15) is 5.56 Å². The van der Waals surface area contributed by atoms with Crippen LogP contribution < -0.4 is 5.63 Å². The Morgan fingerprint density at radius 1 is 1.28 bits per heavy atom. The summed E-state index contributed by atoms with van der Waals surface area (Å²) in [6, 6.07) is 6.89. The second-order valence-electron chi connectivity index (χ2n) is 4.17. The van der Waals surface area contributed by atoms with E-state index in [9.17, 15) is 9.59 Å². The van der Waals surface area contributed by atoms with Gasteiger partial charge in [-0.2, -0.15) is 0 Å². The predicted octanol–water partition coefficient (Wildman–Crippen LogP) is 2.88. The molecular formula is C13H13NO3S. The lowest BCUT2D eigenvalue weighted by molar-refractivity contribution is 0.241. The summed E-state index contributed by atoms with van der Waals surface area (Å²) in [5.41, 5.74) is 1.01. The van der Waals surface area contributed by atoms with E-state index in [1.807, 2.05) is 19.1 Å². The monoisotopic (exact) mass is 263 g/mol. The van der Waals surface area contributed by atoms with Gasteiger partial charge in [0, 0.05) is 30.4 Å². The first kappa shape index (κ1) is 12.7. The van der Waals surface area contributed by atoms with Crippen LogP contribution in [0.15, 0.2) is 38.4 Å². The van der Waals surface area contributed by atoms with Crippen LogP contribution >= 0.6 is 11.8 Å². The second-order valence-corrected chi connectivity index (χ2v) is 5.19. The molecule has 0 spiro atoms. The Kier molecular flexibility index (Phi) is 3.43. The molecule has 18 heavy (non-hydrogen) atoms. The van der Waals surface area contributed by atoms with Gasteiger partial charge in [-0.25, -0.2) is 4.79 Å². The van der Waals surface area contributed by atoms with Crippen molar-refractivity contribution >= 4 is 28.0 Å². The highest BCUT2D eigenvalue weighted by Gasteiger charge is 2.09. The summed E-state index contributed by atoms with van der Waals surface area (Å²) in [4.78, 5) is 25.1. The smallest absolute Gasteiger partial charge is 0.336 e. The fraction of sp³-hybridized carbons (Fsp3) is 0.231. The summed E-state index contributed by atoms with van der Waals surface area (Å²) in [7, 11) is 3.39. The van der Waals surface area contributed by atoms with Crippen molar-refractivity contribution in [3.05, 3.63) is 40.2 Å². The molecular weight excluding hydrogens is 250 g/mol. The molecule has 4 nitrogen and oxygen atoms in total. The van der Waals surface area contributed by atoms with Crippen LogP contribution in [0.2, 0.25) is 0 Å². The molecule has 1 heterocycles. The Hall–Kier alpha value is -1.75. The van der Waals surface area contributed by atoms with E-state index in [0.29, 0.717) is 5.58 Å². The molecule has 0 atom stereocenters. The number of nitrogens with zero attached hydrogens (tertiary/aromatic N) is 1. The second kappa shape index (κ2) is 4.86. The summed E-state index contributed by atoms with van der Waals surface area (Å²) in [6.45, 7) is 1.86. The zero-order valence-corrected chi connectivity index (χ0v) is 11.2. The molecule has 0 aliphatic rings. The van der Waals surface area contributed by atoms with E-state index in [4.69, 9.17) is 4.42 Å². The average molecular weight is 263 g/mol. The molecule has 0 radical (unpaired) electrons. The average Bonchev–Trinajstić information content (AvgIpc) is 2.27. The van der Waals surface area contributed by atoms with Crippen LogP contribution in [0.5, 0.6) is 0 Å². The Bertz CT molecular complexity index is 661. The van der Waals surface area contributed by atoms with Crippen LogP contribution in [-0.4, -0.2) is 24.2 Å². The fourth-order valence-corrected chi connectivity index (χ4v) is 2.25. The van der Waals surface area contributed by atoms with Crippen molar-refractivity contribution in [2.75, 3.05) is 14.1 Å². The summed E-state index contributed by atoms with van der Waals surface area (Å²) < 4.78 is 5.13. The summed E-state index contributed by atoms with van der Waals surface area (Å²) in [5.74, 6) is 0. The first-order valence-corrected chi connectivity index (χ1v) is 6.22. The third kappa shape index (κ3) is 2.56. The minimum atomic E-state index is -0.374. The van der Waals surface area contributed by atoms with Crippen LogP contribution in [0, 0.1) is 6.92 Å². The van der Waals surface area contributed by atoms with E-state index >= 15 is 0 Å². The van der Waals surface area contributed by atoms with Crippen LogP contribution in [0.25, 0.3) is 11.0 Å². The Balaban J connectivity index is 2.44. The van der Waals surface area contributed by atoms with Crippen molar-refractivity contribution in [1.82, 2.24) is 4.90 Å². The number of hydrogen-bond donors (Lipinski definition) is 0. The summed E-state index contributed by atoms with van der Waals surface area (Å²) >= 11 is 1.10. The fourth-order valence-electron chi connectivity index (χ4n) is 1.56. The largest absolute Gasteiger partial charge is 0.423 e. The van der Waals surface area contributed by atoms with Gasteiger partial charge in [0.2, 0.25) is 0 Å². The lowest BCUT2D eigenvalue weighted by Gasteiger charge is -2.09. The van der Waals surface area contributed by atoms with Crippen LogP contribution in [0.4, 0.5) is 4.79 Å². The van der Waals surface area contributed by atoms with Crippen LogP contribution in [0.3, 0.4) is 0 Å². The topological polar surface area (TPSA) is 50.5 Å². The Morgan fingerprint density at radius 3 is 2.67 bits per heavy atom. The normalized spacial score (nSPS) is 10.6. The molecule has 94 valence electrons. The summed E-state index contributed by atoms with van der Waals surface area (Å²) in [6.07, 6.45) is 0.